The summed E-state index contributed by atoms with van der Waals surface area (Å²) >= 11 is 0. The van der Waals surface area contributed by atoms with Gasteiger partial charge in [-0.3, -0.25) is 19.2 Å². The van der Waals surface area contributed by atoms with Gasteiger partial charge in [0.25, 0.3) is 0 Å². The highest BCUT2D eigenvalue weighted by Gasteiger charge is 2.90. The van der Waals surface area contributed by atoms with Crippen LogP contribution in [-0.4, -0.2) is 36.7 Å². The first kappa shape index (κ1) is 21.1. The first-order valence-electron chi connectivity index (χ1n) is 12.9. The number of carbonyl (C=O) groups is 4. The minimum atomic E-state index is -0.264. The van der Waals surface area contributed by atoms with E-state index >= 15 is 0 Å². The van der Waals surface area contributed by atoms with Crippen molar-refractivity contribution >= 4 is 23.5 Å². The lowest BCUT2D eigenvalue weighted by atomic mass is 9.19. The van der Waals surface area contributed by atoms with Crippen molar-refractivity contribution in [2.75, 3.05) is 13.2 Å². The van der Waals surface area contributed by atoms with Crippen molar-refractivity contribution in [3.8, 4) is 0 Å². The lowest BCUT2D eigenvalue weighted by molar-refractivity contribution is -0.376. The summed E-state index contributed by atoms with van der Waals surface area (Å²) in [7, 11) is 0. The number of carbonyl (C=O) groups excluding carboxylic acids is 4. The molecule has 7 rings (SSSR count). The highest BCUT2D eigenvalue weighted by Crippen LogP contribution is 2.93. The molecule has 6 heteroatoms. The molecule has 0 spiro atoms. The number of rotatable bonds is 4. The molecule has 180 valence electrons. The molecule has 34 heavy (non-hydrogen) atoms. The summed E-state index contributed by atoms with van der Waals surface area (Å²) in [5, 5.41) is 0. The molecule has 12 atom stereocenters. The molecule has 7 aliphatic carbocycles. The van der Waals surface area contributed by atoms with Gasteiger partial charge in [0.05, 0.1) is 13.2 Å². The minimum absolute atomic E-state index is 0.0516. The van der Waals surface area contributed by atoms with E-state index in [1.165, 1.54) is 26.0 Å². The van der Waals surface area contributed by atoms with Crippen molar-refractivity contribution < 1.29 is 28.7 Å². The third kappa shape index (κ3) is 2.04. The van der Waals surface area contributed by atoms with Crippen molar-refractivity contribution in [2.24, 2.45) is 70.0 Å². The number of hydrogen-bond donors (Lipinski definition) is 0. The summed E-state index contributed by atoms with van der Waals surface area (Å²) in [6.07, 6.45) is 5.01. The van der Waals surface area contributed by atoms with Crippen molar-refractivity contribution in [1.82, 2.24) is 0 Å². The number of hydrogen-bond acceptors (Lipinski definition) is 6. The van der Waals surface area contributed by atoms with Crippen LogP contribution in [0.1, 0.15) is 40.5 Å². The quantitative estimate of drug-likeness (QED) is 0.469. The van der Waals surface area contributed by atoms with Gasteiger partial charge in [-0.05, 0) is 83.2 Å². The van der Waals surface area contributed by atoms with E-state index in [1.54, 1.807) is 0 Å². The molecule has 7 aliphatic rings. The highest BCUT2D eigenvalue weighted by atomic mass is 16.5. The fourth-order valence-corrected chi connectivity index (χ4v) is 11.5. The Labute approximate surface area is 199 Å². The Hall–Kier alpha value is -2.24. The number of esters is 2. The summed E-state index contributed by atoms with van der Waals surface area (Å²) in [5.74, 6) is 3.35. The van der Waals surface area contributed by atoms with Crippen LogP contribution in [0, 0.1) is 70.0 Å². The Balaban J connectivity index is 1.25. The average Bonchev–Trinajstić information content (AvgIpc) is 3.53. The summed E-state index contributed by atoms with van der Waals surface area (Å²) in [5.41, 5.74) is 1.95. The zero-order chi connectivity index (χ0) is 23.9. The van der Waals surface area contributed by atoms with E-state index in [-0.39, 0.29) is 58.0 Å². The second-order valence-electron chi connectivity index (χ2n) is 12.5. The van der Waals surface area contributed by atoms with Gasteiger partial charge >= 0.3 is 11.9 Å². The molecule has 5 saturated carbocycles. The van der Waals surface area contributed by atoms with Gasteiger partial charge in [0.1, 0.15) is 0 Å². The van der Waals surface area contributed by atoms with Crippen LogP contribution in [0.25, 0.3) is 0 Å². The van der Waals surface area contributed by atoms with Crippen molar-refractivity contribution in [3.05, 3.63) is 23.3 Å². The number of fused-ring (bicyclic) bond motifs is 17. The Kier molecular flexibility index (Phi) is 3.91. The van der Waals surface area contributed by atoms with Crippen LogP contribution in [-0.2, 0) is 28.7 Å². The molecule has 0 aliphatic heterocycles. The molecule has 0 aromatic heterocycles. The molecule has 6 nitrogen and oxygen atoms in total. The van der Waals surface area contributed by atoms with Crippen molar-refractivity contribution in [1.29, 1.82) is 0 Å². The van der Waals surface area contributed by atoms with Gasteiger partial charge in [0.2, 0.25) is 0 Å². The van der Waals surface area contributed by atoms with Crippen LogP contribution < -0.4 is 0 Å². The third-order valence-corrected chi connectivity index (χ3v) is 12.1. The Morgan fingerprint density at radius 1 is 0.765 bits per heavy atom. The van der Waals surface area contributed by atoms with E-state index in [1.807, 2.05) is 0 Å². The smallest absolute Gasteiger partial charge is 0.302 e. The van der Waals surface area contributed by atoms with Gasteiger partial charge in [-0.25, -0.2) is 0 Å². The molecular weight excluding hydrogens is 432 g/mol. The summed E-state index contributed by atoms with van der Waals surface area (Å²) in [6.45, 7) is 8.59. The Bertz CT molecular complexity index is 1050. The first-order valence-corrected chi connectivity index (χ1v) is 12.9. The van der Waals surface area contributed by atoms with Crippen molar-refractivity contribution in [2.45, 2.75) is 40.5 Å². The van der Waals surface area contributed by atoms with Crippen LogP contribution >= 0.6 is 0 Å². The summed E-state index contributed by atoms with van der Waals surface area (Å²) < 4.78 is 11.0. The van der Waals surface area contributed by atoms with Crippen LogP contribution in [0.2, 0.25) is 0 Å². The lowest BCUT2D eigenvalue weighted by Gasteiger charge is -2.84. The zero-order valence-electron chi connectivity index (χ0n) is 20.2. The average molecular weight is 465 g/mol. The van der Waals surface area contributed by atoms with Crippen LogP contribution in [0.15, 0.2) is 23.3 Å². The molecule has 6 unspecified atom stereocenters. The van der Waals surface area contributed by atoms with Gasteiger partial charge < -0.3 is 9.47 Å². The molecule has 0 amide bonds. The van der Waals surface area contributed by atoms with Gasteiger partial charge in [-0.2, -0.15) is 0 Å². The Morgan fingerprint density at radius 2 is 1.18 bits per heavy atom. The molecule has 0 heterocycles. The van der Waals surface area contributed by atoms with Gasteiger partial charge in [-0.15, -0.1) is 0 Å². The van der Waals surface area contributed by atoms with E-state index in [0.29, 0.717) is 48.7 Å². The fraction of sp³-hybridized carbons (Fsp3) is 0.714. The first-order chi connectivity index (χ1) is 16.1. The van der Waals surface area contributed by atoms with Crippen LogP contribution in [0.5, 0.6) is 0 Å². The predicted octanol–water partition coefficient (Wildman–Crippen LogP) is 3.15. The SMILES string of the molecule is CC(=O)OC[C@@H]1[C@H](COC(C)=O)[C@@H]2C[C@H]1C1C2C2(C)C3C4C[C@@H](C5=C4C(=O)C=CC5=O)C3[C@@]12C. The molecule has 4 bridgehead atoms. The third-order valence-electron chi connectivity index (χ3n) is 12.1. The maximum atomic E-state index is 12.8. The second kappa shape index (κ2) is 6.30. The molecule has 0 aromatic rings. The summed E-state index contributed by atoms with van der Waals surface area (Å²) in [4.78, 5) is 48.9. The van der Waals surface area contributed by atoms with E-state index < -0.39 is 0 Å². The van der Waals surface area contributed by atoms with E-state index in [9.17, 15) is 19.2 Å². The predicted molar refractivity (Wildman–Crippen MR) is 120 cm³/mol. The molecule has 0 N–H and O–H groups in total. The highest BCUT2D eigenvalue weighted by molar-refractivity contribution is 6.21. The molecule has 0 aromatic carbocycles. The van der Waals surface area contributed by atoms with Gasteiger partial charge in [0, 0.05) is 36.8 Å². The number of ketones is 2. The molecular formula is C28H32O6. The van der Waals surface area contributed by atoms with E-state index in [2.05, 4.69) is 13.8 Å². The molecule has 0 radical (unpaired) electrons. The van der Waals surface area contributed by atoms with Gasteiger partial charge in [-0.1, -0.05) is 13.8 Å². The maximum Gasteiger partial charge on any atom is 0.302 e. The van der Waals surface area contributed by atoms with E-state index in [4.69, 9.17) is 9.47 Å². The topological polar surface area (TPSA) is 86.7 Å². The van der Waals surface area contributed by atoms with Crippen molar-refractivity contribution in [3.63, 3.8) is 0 Å². The lowest BCUT2D eigenvalue weighted by Crippen LogP contribution is -2.81. The van der Waals surface area contributed by atoms with Crippen LogP contribution in [0.3, 0.4) is 0 Å². The van der Waals surface area contributed by atoms with E-state index in [0.717, 1.165) is 24.0 Å². The zero-order valence-corrected chi connectivity index (χ0v) is 20.2. The van der Waals surface area contributed by atoms with Crippen LogP contribution in [0.4, 0.5) is 0 Å². The second-order valence-corrected chi connectivity index (χ2v) is 12.5. The number of allylic oxidation sites excluding steroid dienone is 4. The minimum Gasteiger partial charge on any atom is -0.466 e. The normalized spacial score (nSPS) is 52.5. The fourth-order valence-electron chi connectivity index (χ4n) is 11.5. The van der Waals surface area contributed by atoms with Gasteiger partial charge in [0.15, 0.2) is 11.6 Å². The monoisotopic (exact) mass is 464 g/mol. The standard InChI is InChI=1S/C28H32O6/c1-11(29)33-9-17-13-7-14(18(17)10-34-12(2)30)24-23(13)27(3)25-15-8-16(26(25)28(24,27)4)22-20(32)6-5-19(31)21(15)22/h5-6,13-18,23-26H,7-10H2,1-4H3/t13-,14+,15+,16?,17+,18-,23?,24?,25?,26?,27-,28?/m1/s1. The largest absolute Gasteiger partial charge is 0.466 e. The molecule has 0 saturated heterocycles. The number of ether oxygens (including phenoxy) is 2. The Morgan fingerprint density at radius 3 is 1.56 bits per heavy atom. The maximum absolute atomic E-state index is 12.8. The summed E-state index contributed by atoms with van der Waals surface area (Å²) in [6, 6.07) is 0. The molecule has 5 fully saturated rings.